The predicted octanol–water partition coefficient (Wildman–Crippen LogP) is 0.123. The third-order valence-electron chi connectivity index (χ3n) is 3.64. The van der Waals surface area contributed by atoms with E-state index in [4.69, 9.17) is 4.74 Å². The van der Waals surface area contributed by atoms with Gasteiger partial charge in [-0.1, -0.05) is 6.92 Å². The zero-order valence-corrected chi connectivity index (χ0v) is 10.7. The second kappa shape index (κ2) is 4.28. The average Bonchev–Trinajstić information content (AvgIpc) is 2.90. The molecule has 3 heterocycles. The highest BCUT2D eigenvalue weighted by atomic mass is 16.5. The van der Waals surface area contributed by atoms with Gasteiger partial charge in [0.2, 0.25) is 5.91 Å². The molecule has 3 rings (SSSR count). The second-order valence-electron chi connectivity index (χ2n) is 4.79. The molecule has 0 radical (unpaired) electrons. The van der Waals surface area contributed by atoms with Crippen molar-refractivity contribution >= 4 is 5.91 Å². The van der Waals surface area contributed by atoms with Crippen molar-refractivity contribution in [3.8, 4) is 6.01 Å². The van der Waals surface area contributed by atoms with Gasteiger partial charge >= 0.3 is 0 Å². The number of amides is 1. The van der Waals surface area contributed by atoms with Crippen molar-refractivity contribution in [1.29, 1.82) is 0 Å². The Morgan fingerprint density at radius 2 is 2.39 bits per heavy atom. The third kappa shape index (κ3) is 1.68. The quantitative estimate of drug-likeness (QED) is 0.782. The minimum atomic E-state index is -0.114. The Hall–Kier alpha value is -1.56. The van der Waals surface area contributed by atoms with Gasteiger partial charge in [0.15, 0.2) is 0 Å². The largest absolute Gasteiger partial charge is 0.463 e. The van der Waals surface area contributed by atoms with Crippen LogP contribution in [0, 0.1) is 6.92 Å². The van der Waals surface area contributed by atoms with Crippen LogP contribution in [-0.2, 0) is 11.3 Å². The smallest absolute Gasteiger partial charge is 0.296 e. The number of hydrogen-bond acceptors (Lipinski definition) is 4. The maximum Gasteiger partial charge on any atom is 0.296 e. The number of carbonyl (C=O) groups excluding carboxylic acids is 1. The van der Waals surface area contributed by atoms with Gasteiger partial charge in [-0.15, -0.1) is 0 Å². The number of fused-ring (bicyclic) bond motifs is 1. The zero-order chi connectivity index (χ0) is 12.7. The summed E-state index contributed by atoms with van der Waals surface area (Å²) in [4.78, 5) is 16.1. The van der Waals surface area contributed by atoms with E-state index >= 15 is 0 Å². The van der Waals surface area contributed by atoms with Gasteiger partial charge in [0, 0.05) is 6.54 Å². The molecule has 0 spiro atoms. The molecule has 2 N–H and O–H groups in total. The van der Waals surface area contributed by atoms with Crippen molar-refractivity contribution in [1.82, 2.24) is 20.2 Å². The summed E-state index contributed by atoms with van der Waals surface area (Å²) in [5.41, 5.74) is 2.12. The molecule has 1 amide bonds. The first-order valence-electron chi connectivity index (χ1n) is 6.44. The van der Waals surface area contributed by atoms with Gasteiger partial charge in [-0.25, -0.2) is 4.98 Å². The van der Waals surface area contributed by atoms with Gasteiger partial charge in [-0.2, -0.15) is 0 Å². The molecule has 6 heteroatoms. The molecule has 2 aliphatic heterocycles. The van der Waals surface area contributed by atoms with E-state index in [0.29, 0.717) is 19.2 Å². The number of nitrogens with zero attached hydrogens (tertiary/aromatic N) is 2. The third-order valence-corrected chi connectivity index (χ3v) is 3.64. The molecule has 1 aromatic rings. The fourth-order valence-corrected chi connectivity index (χ4v) is 2.74. The lowest BCUT2D eigenvalue weighted by Gasteiger charge is -2.31. The number of aryl methyl sites for hydroxylation is 1. The van der Waals surface area contributed by atoms with Crippen LogP contribution in [0.5, 0.6) is 6.01 Å². The summed E-state index contributed by atoms with van der Waals surface area (Å²) in [7, 11) is 0. The lowest BCUT2D eigenvalue weighted by Crippen LogP contribution is -2.54. The minimum absolute atomic E-state index is 0.0869. The van der Waals surface area contributed by atoms with Gasteiger partial charge in [-0.3, -0.25) is 14.7 Å². The number of ether oxygens (including phenoxy) is 1. The van der Waals surface area contributed by atoms with Gasteiger partial charge in [0.25, 0.3) is 6.01 Å². The first-order valence-corrected chi connectivity index (χ1v) is 6.44. The van der Waals surface area contributed by atoms with Gasteiger partial charge in [-0.05, 0) is 13.3 Å². The standard InChI is InChI=1S/C12H18N4O2/c1-3-8-11(17)13-6-9(15-8)10-7(2)14-12-16(10)4-5-18-12/h8-9,15H,3-6H2,1-2H3,(H,13,17). The molecule has 0 bridgehead atoms. The predicted molar refractivity (Wildman–Crippen MR) is 65.4 cm³/mol. The number of rotatable bonds is 2. The number of piperazine rings is 1. The van der Waals surface area contributed by atoms with Crippen LogP contribution in [0.15, 0.2) is 0 Å². The fourth-order valence-electron chi connectivity index (χ4n) is 2.74. The van der Waals surface area contributed by atoms with E-state index in [0.717, 1.165) is 24.4 Å². The lowest BCUT2D eigenvalue weighted by atomic mass is 10.0. The van der Waals surface area contributed by atoms with Crippen LogP contribution in [0.3, 0.4) is 0 Å². The molecule has 2 unspecified atom stereocenters. The summed E-state index contributed by atoms with van der Waals surface area (Å²) >= 11 is 0. The van der Waals surface area contributed by atoms with Crippen LogP contribution >= 0.6 is 0 Å². The minimum Gasteiger partial charge on any atom is -0.463 e. The topological polar surface area (TPSA) is 68.2 Å². The van der Waals surface area contributed by atoms with Gasteiger partial charge < -0.3 is 10.1 Å². The molecule has 98 valence electrons. The van der Waals surface area contributed by atoms with Crippen molar-refractivity contribution in [3.63, 3.8) is 0 Å². The van der Waals surface area contributed by atoms with Crippen molar-refractivity contribution in [2.75, 3.05) is 13.2 Å². The fraction of sp³-hybridized carbons (Fsp3) is 0.667. The zero-order valence-electron chi connectivity index (χ0n) is 10.7. The molecule has 0 saturated carbocycles. The van der Waals surface area contributed by atoms with Crippen LogP contribution in [-0.4, -0.2) is 34.7 Å². The maximum absolute atomic E-state index is 11.6. The highest BCUT2D eigenvalue weighted by Gasteiger charge is 2.32. The molecule has 18 heavy (non-hydrogen) atoms. The van der Waals surface area contributed by atoms with E-state index in [1.54, 1.807) is 0 Å². The SMILES string of the molecule is CCC1NC(c2c(C)nc3n2CCO3)CNC1=O. The van der Waals surface area contributed by atoms with Crippen LogP contribution in [0.4, 0.5) is 0 Å². The Morgan fingerprint density at radius 3 is 3.17 bits per heavy atom. The van der Waals surface area contributed by atoms with E-state index < -0.39 is 0 Å². The van der Waals surface area contributed by atoms with Crippen LogP contribution < -0.4 is 15.4 Å². The Balaban J connectivity index is 1.89. The van der Waals surface area contributed by atoms with Crippen molar-refractivity contribution in [2.45, 2.75) is 38.9 Å². The highest BCUT2D eigenvalue weighted by molar-refractivity contribution is 5.82. The van der Waals surface area contributed by atoms with Crippen molar-refractivity contribution in [3.05, 3.63) is 11.4 Å². The first-order chi connectivity index (χ1) is 8.70. The summed E-state index contributed by atoms with van der Waals surface area (Å²) < 4.78 is 7.57. The average molecular weight is 250 g/mol. The molecule has 1 fully saturated rings. The van der Waals surface area contributed by atoms with E-state index in [9.17, 15) is 4.79 Å². The summed E-state index contributed by atoms with van der Waals surface area (Å²) in [5, 5.41) is 6.35. The molecule has 2 atom stereocenters. The Morgan fingerprint density at radius 1 is 1.56 bits per heavy atom. The van der Waals surface area contributed by atoms with Crippen LogP contribution in [0.25, 0.3) is 0 Å². The summed E-state index contributed by atoms with van der Waals surface area (Å²) in [6.07, 6.45) is 0.791. The summed E-state index contributed by atoms with van der Waals surface area (Å²) in [5.74, 6) is 0.0869. The normalized spacial score (nSPS) is 26.7. The van der Waals surface area contributed by atoms with Gasteiger partial charge in [0.1, 0.15) is 6.61 Å². The number of aromatic nitrogens is 2. The second-order valence-corrected chi connectivity index (χ2v) is 4.79. The molecule has 1 aromatic heterocycles. The van der Waals surface area contributed by atoms with Crippen LogP contribution in [0.2, 0.25) is 0 Å². The number of carbonyl (C=O) groups is 1. The van der Waals surface area contributed by atoms with Crippen molar-refractivity contribution in [2.24, 2.45) is 0 Å². The van der Waals surface area contributed by atoms with Gasteiger partial charge in [0.05, 0.1) is 30.0 Å². The monoisotopic (exact) mass is 250 g/mol. The maximum atomic E-state index is 11.6. The molecule has 0 aromatic carbocycles. The van der Waals surface area contributed by atoms with Crippen LogP contribution in [0.1, 0.15) is 30.8 Å². The lowest BCUT2D eigenvalue weighted by molar-refractivity contribution is -0.125. The van der Waals surface area contributed by atoms with E-state index in [1.807, 2.05) is 13.8 Å². The number of hydrogen-bond donors (Lipinski definition) is 2. The molecular weight excluding hydrogens is 232 g/mol. The Bertz CT molecular complexity index is 483. The van der Waals surface area contributed by atoms with E-state index in [1.165, 1.54) is 0 Å². The van der Waals surface area contributed by atoms with Crippen molar-refractivity contribution < 1.29 is 9.53 Å². The number of nitrogens with one attached hydrogen (secondary N) is 2. The molecule has 1 saturated heterocycles. The number of imidazole rings is 1. The Labute approximate surface area is 106 Å². The van der Waals surface area contributed by atoms with E-state index in [-0.39, 0.29) is 18.0 Å². The highest BCUT2D eigenvalue weighted by Crippen LogP contribution is 2.28. The summed E-state index contributed by atoms with van der Waals surface area (Å²) in [6, 6.07) is 0.710. The molecular formula is C12H18N4O2. The summed E-state index contributed by atoms with van der Waals surface area (Å²) in [6.45, 7) is 6.14. The first kappa shape index (κ1) is 11.5. The Kier molecular flexibility index (Phi) is 2.74. The van der Waals surface area contributed by atoms with E-state index in [2.05, 4.69) is 20.2 Å². The molecule has 0 aliphatic carbocycles. The molecule has 6 nitrogen and oxygen atoms in total. The molecule has 2 aliphatic rings.